The van der Waals surface area contributed by atoms with Crippen molar-refractivity contribution < 1.29 is 4.79 Å². The van der Waals surface area contributed by atoms with Gasteiger partial charge in [0.25, 0.3) is 5.91 Å². The Hall–Kier alpha value is -2.88. The summed E-state index contributed by atoms with van der Waals surface area (Å²) in [5, 5.41) is 3.37. The topological polar surface area (TPSA) is 57.8 Å². The summed E-state index contributed by atoms with van der Waals surface area (Å²) >= 11 is 0. The first-order valence-electron chi connectivity index (χ1n) is 11.7. The summed E-state index contributed by atoms with van der Waals surface area (Å²) in [6.07, 6.45) is 13.2. The number of rotatable bonds is 4. The number of aromatic amines is 1. The van der Waals surface area contributed by atoms with Gasteiger partial charge in [-0.3, -0.25) is 9.78 Å². The Labute approximate surface area is 185 Å². The maximum absolute atomic E-state index is 13.4. The van der Waals surface area contributed by atoms with E-state index in [2.05, 4.69) is 22.2 Å². The molecule has 0 aliphatic heterocycles. The Morgan fingerprint density at radius 2 is 1.55 bits per heavy atom. The molecule has 0 bridgehead atoms. The van der Waals surface area contributed by atoms with Crippen LogP contribution in [0.1, 0.15) is 68.6 Å². The van der Waals surface area contributed by atoms with Gasteiger partial charge in [0.05, 0.1) is 11.3 Å². The minimum Gasteiger partial charge on any atom is -0.354 e. The fraction of sp³-hybridized carbons (Fsp3) is 0.407. The van der Waals surface area contributed by atoms with E-state index in [1.54, 1.807) is 12.4 Å². The molecule has 0 radical (unpaired) electrons. The van der Waals surface area contributed by atoms with E-state index in [1.165, 1.54) is 38.5 Å². The quantitative estimate of drug-likeness (QED) is 0.503. The SMILES string of the molecule is CC1CCCCC(NC(=O)c2cc(-c3ccncc3)[nH]c2-c2ccccc2)CCCC1. The first-order chi connectivity index (χ1) is 15.2. The van der Waals surface area contributed by atoms with Gasteiger partial charge in [-0.05, 0) is 42.5 Å². The molecule has 1 aromatic carbocycles. The number of carbonyl (C=O) groups is 1. The van der Waals surface area contributed by atoms with Crippen molar-refractivity contribution in [1.29, 1.82) is 0 Å². The number of carbonyl (C=O) groups excluding carboxylic acids is 1. The molecule has 1 fully saturated rings. The Kier molecular flexibility index (Phi) is 7.18. The van der Waals surface area contributed by atoms with Crippen molar-refractivity contribution in [1.82, 2.24) is 15.3 Å². The average molecular weight is 416 g/mol. The maximum Gasteiger partial charge on any atom is 0.253 e. The molecule has 4 nitrogen and oxygen atoms in total. The summed E-state index contributed by atoms with van der Waals surface area (Å²) in [6, 6.07) is 16.3. The molecule has 4 rings (SSSR count). The molecule has 3 aromatic rings. The number of H-pyrrole nitrogens is 1. The lowest BCUT2D eigenvalue weighted by atomic mass is 9.92. The van der Waals surface area contributed by atoms with E-state index in [0.717, 1.165) is 41.3 Å². The van der Waals surface area contributed by atoms with E-state index >= 15 is 0 Å². The highest BCUT2D eigenvalue weighted by atomic mass is 16.1. The van der Waals surface area contributed by atoms with Crippen LogP contribution < -0.4 is 5.32 Å². The molecule has 2 aromatic heterocycles. The van der Waals surface area contributed by atoms with Gasteiger partial charge < -0.3 is 10.3 Å². The van der Waals surface area contributed by atoms with Gasteiger partial charge in [-0.25, -0.2) is 0 Å². The highest BCUT2D eigenvalue weighted by Crippen LogP contribution is 2.29. The van der Waals surface area contributed by atoms with Crippen LogP contribution in [0.25, 0.3) is 22.5 Å². The third-order valence-electron chi connectivity index (χ3n) is 6.45. The molecular weight excluding hydrogens is 382 g/mol. The van der Waals surface area contributed by atoms with Crippen molar-refractivity contribution >= 4 is 5.91 Å². The summed E-state index contributed by atoms with van der Waals surface area (Å²) in [5.74, 6) is 0.858. The van der Waals surface area contributed by atoms with Gasteiger partial charge in [-0.2, -0.15) is 0 Å². The molecule has 0 atom stereocenters. The number of aromatic nitrogens is 2. The smallest absolute Gasteiger partial charge is 0.253 e. The van der Waals surface area contributed by atoms with E-state index in [-0.39, 0.29) is 11.9 Å². The fourth-order valence-corrected chi connectivity index (χ4v) is 4.62. The fourth-order valence-electron chi connectivity index (χ4n) is 4.62. The van der Waals surface area contributed by atoms with E-state index < -0.39 is 0 Å². The molecule has 1 amide bonds. The number of hydrogen-bond acceptors (Lipinski definition) is 2. The number of hydrogen-bond donors (Lipinski definition) is 2. The summed E-state index contributed by atoms with van der Waals surface area (Å²) in [4.78, 5) is 21.0. The summed E-state index contributed by atoms with van der Waals surface area (Å²) < 4.78 is 0. The van der Waals surface area contributed by atoms with E-state index in [1.807, 2.05) is 48.5 Å². The highest BCUT2D eigenvalue weighted by Gasteiger charge is 2.21. The van der Waals surface area contributed by atoms with Crippen LogP contribution in [0.15, 0.2) is 60.9 Å². The predicted octanol–water partition coefficient (Wildman–Crippen LogP) is 6.61. The zero-order valence-electron chi connectivity index (χ0n) is 18.4. The maximum atomic E-state index is 13.4. The van der Waals surface area contributed by atoms with E-state index in [4.69, 9.17) is 0 Å². The molecule has 4 heteroatoms. The lowest BCUT2D eigenvalue weighted by molar-refractivity contribution is 0.0931. The molecular formula is C27H33N3O. The Morgan fingerprint density at radius 1 is 0.903 bits per heavy atom. The van der Waals surface area contributed by atoms with Gasteiger partial charge >= 0.3 is 0 Å². The van der Waals surface area contributed by atoms with Crippen LogP contribution in [0.2, 0.25) is 0 Å². The zero-order chi connectivity index (χ0) is 21.5. The molecule has 1 aliphatic carbocycles. The summed E-state index contributed by atoms with van der Waals surface area (Å²) in [6.45, 7) is 2.37. The minimum absolute atomic E-state index is 0.0193. The van der Waals surface area contributed by atoms with Crippen LogP contribution in [-0.2, 0) is 0 Å². The van der Waals surface area contributed by atoms with Crippen molar-refractivity contribution in [2.75, 3.05) is 0 Å². The van der Waals surface area contributed by atoms with E-state index in [0.29, 0.717) is 5.56 Å². The Balaban J connectivity index is 1.57. The first-order valence-corrected chi connectivity index (χ1v) is 11.7. The normalized spacial score (nSPS) is 20.2. The summed E-state index contributed by atoms with van der Waals surface area (Å²) in [7, 11) is 0. The minimum atomic E-state index is 0.0193. The number of amides is 1. The number of benzene rings is 1. The first kappa shape index (κ1) is 21.4. The average Bonchev–Trinajstić information content (AvgIpc) is 3.26. The van der Waals surface area contributed by atoms with Crippen LogP contribution in [0, 0.1) is 5.92 Å². The zero-order valence-corrected chi connectivity index (χ0v) is 18.4. The second-order valence-corrected chi connectivity index (χ2v) is 8.92. The second kappa shape index (κ2) is 10.4. The van der Waals surface area contributed by atoms with Gasteiger partial charge in [-0.15, -0.1) is 0 Å². The number of nitrogens with zero attached hydrogens (tertiary/aromatic N) is 1. The molecule has 2 N–H and O–H groups in total. The predicted molar refractivity (Wildman–Crippen MR) is 127 cm³/mol. The van der Waals surface area contributed by atoms with Crippen molar-refractivity contribution in [2.45, 2.75) is 64.3 Å². The Morgan fingerprint density at radius 3 is 2.23 bits per heavy atom. The molecule has 0 unspecified atom stereocenters. The second-order valence-electron chi connectivity index (χ2n) is 8.92. The summed E-state index contributed by atoms with van der Waals surface area (Å²) in [5.41, 5.74) is 4.57. The monoisotopic (exact) mass is 415 g/mol. The van der Waals surface area contributed by atoms with Crippen LogP contribution in [0.3, 0.4) is 0 Å². The molecule has 2 heterocycles. The van der Waals surface area contributed by atoms with Crippen molar-refractivity contribution in [3.05, 3.63) is 66.5 Å². The van der Waals surface area contributed by atoms with Crippen molar-refractivity contribution in [3.63, 3.8) is 0 Å². The van der Waals surface area contributed by atoms with E-state index in [9.17, 15) is 4.79 Å². The van der Waals surface area contributed by atoms with Gasteiger partial charge in [0, 0.05) is 29.7 Å². The lowest BCUT2D eigenvalue weighted by Crippen LogP contribution is -2.35. The molecule has 31 heavy (non-hydrogen) atoms. The molecule has 162 valence electrons. The van der Waals surface area contributed by atoms with Crippen LogP contribution in [0.4, 0.5) is 0 Å². The van der Waals surface area contributed by atoms with Crippen LogP contribution >= 0.6 is 0 Å². The molecule has 0 spiro atoms. The third kappa shape index (κ3) is 5.63. The largest absolute Gasteiger partial charge is 0.354 e. The molecule has 1 saturated carbocycles. The number of pyridine rings is 1. The molecule has 1 aliphatic rings. The van der Waals surface area contributed by atoms with Crippen LogP contribution in [0.5, 0.6) is 0 Å². The van der Waals surface area contributed by atoms with Gasteiger partial charge in [0.2, 0.25) is 0 Å². The Bertz CT molecular complexity index is 953. The lowest BCUT2D eigenvalue weighted by Gasteiger charge is -2.21. The van der Waals surface area contributed by atoms with Gasteiger partial charge in [0.15, 0.2) is 0 Å². The van der Waals surface area contributed by atoms with Gasteiger partial charge in [-0.1, -0.05) is 75.8 Å². The van der Waals surface area contributed by atoms with Gasteiger partial charge in [0.1, 0.15) is 0 Å². The van der Waals surface area contributed by atoms with Crippen molar-refractivity contribution in [2.24, 2.45) is 5.92 Å². The highest BCUT2D eigenvalue weighted by molar-refractivity contribution is 6.01. The third-order valence-corrected chi connectivity index (χ3v) is 6.45. The standard InChI is InChI=1S/C27H33N3O/c1-20-9-5-7-13-23(14-8-6-10-20)29-27(31)24-19-25(21-15-17-28-18-16-21)30-26(24)22-11-3-2-4-12-22/h2-4,11-12,15-20,23,30H,5-10,13-14H2,1H3,(H,29,31). The molecule has 0 saturated heterocycles. The van der Waals surface area contributed by atoms with Crippen molar-refractivity contribution in [3.8, 4) is 22.5 Å². The number of nitrogens with one attached hydrogen (secondary N) is 2. The van der Waals surface area contributed by atoms with Crippen LogP contribution in [-0.4, -0.2) is 21.9 Å².